The lowest BCUT2D eigenvalue weighted by molar-refractivity contribution is 0.373. The Balaban J connectivity index is 2.34. The monoisotopic (exact) mass is 170 g/mol. The van der Waals surface area contributed by atoms with Gasteiger partial charge in [-0.15, -0.1) is 0 Å². The van der Waals surface area contributed by atoms with Gasteiger partial charge >= 0.3 is 0 Å². The summed E-state index contributed by atoms with van der Waals surface area (Å²) in [5.41, 5.74) is 0. The highest BCUT2D eigenvalue weighted by molar-refractivity contribution is 9.09. The molecule has 0 aliphatic carbocycles. The van der Waals surface area contributed by atoms with Crippen LogP contribution in [0.15, 0.2) is 0 Å². The summed E-state index contributed by atoms with van der Waals surface area (Å²) < 4.78 is 4.67. The first-order chi connectivity index (χ1) is 2.91. The Bertz CT molecular complexity index is 22.8. The molecule has 0 aliphatic rings. The maximum atomic E-state index is 4.67. The van der Waals surface area contributed by atoms with Crippen molar-refractivity contribution in [1.82, 2.24) is 0 Å². The van der Waals surface area contributed by atoms with E-state index in [-0.39, 0.29) is 0 Å². The van der Waals surface area contributed by atoms with E-state index in [0.717, 1.165) is 18.4 Å². The van der Waals surface area contributed by atoms with E-state index in [2.05, 4.69) is 29.9 Å². The molecule has 0 aromatic rings. The smallest absolute Gasteiger partial charge is 0.0509 e. The van der Waals surface area contributed by atoms with Gasteiger partial charge in [-0.1, -0.05) is 15.9 Å². The van der Waals surface area contributed by atoms with E-state index >= 15 is 0 Å². The quantitative estimate of drug-likeness (QED) is 0.355. The molecule has 0 bridgehead atoms. The topological polar surface area (TPSA) is 9.23 Å². The van der Waals surface area contributed by atoms with Gasteiger partial charge in [0.1, 0.15) is 0 Å². The van der Waals surface area contributed by atoms with E-state index in [0.29, 0.717) is 0 Å². The molecule has 0 saturated carbocycles. The van der Waals surface area contributed by atoms with E-state index in [1.807, 2.05) is 0 Å². The summed E-state index contributed by atoms with van der Waals surface area (Å²) in [6.07, 6.45) is 1.09. The van der Waals surface area contributed by atoms with Crippen LogP contribution in [0.3, 0.4) is 0 Å². The Morgan fingerprint density at radius 2 is 2.33 bits per heavy atom. The molecule has 1 nitrogen and oxygen atoms in total. The van der Waals surface area contributed by atoms with Gasteiger partial charge in [0.15, 0.2) is 0 Å². The maximum absolute atomic E-state index is 4.67. The minimum Gasteiger partial charge on any atom is -0.366 e. The number of halogens is 1. The van der Waals surface area contributed by atoms with Crippen LogP contribution in [0, 0.1) is 0 Å². The predicted octanol–water partition coefficient (Wildman–Crippen LogP) is 1.58. The molecule has 1 atom stereocenters. The third-order valence-corrected chi connectivity index (χ3v) is 1.19. The standard InChI is InChI=1S/C3H8BrOP/c4-2-1-3-5-6/h1-3,6H2. The highest BCUT2D eigenvalue weighted by Crippen LogP contribution is 1.91. The molecule has 38 valence electrons. The van der Waals surface area contributed by atoms with Crippen molar-refractivity contribution >= 4 is 25.4 Å². The van der Waals surface area contributed by atoms with E-state index in [9.17, 15) is 0 Å². The largest absolute Gasteiger partial charge is 0.366 e. The fourth-order valence-corrected chi connectivity index (χ4v) is 0.533. The molecule has 0 spiro atoms. The summed E-state index contributed by atoms with van der Waals surface area (Å²) in [7, 11) is 2.21. The van der Waals surface area contributed by atoms with Crippen molar-refractivity contribution < 1.29 is 4.52 Å². The van der Waals surface area contributed by atoms with Crippen LogP contribution in [-0.4, -0.2) is 11.9 Å². The molecule has 3 heteroatoms. The fourth-order valence-electron chi connectivity index (χ4n) is 0.138. The van der Waals surface area contributed by atoms with Gasteiger partial charge < -0.3 is 4.52 Å². The molecule has 0 fully saturated rings. The van der Waals surface area contributed by atoms with Crippen molar-refractivity contribution in [2.24, 2.45) is 0 Å². The molecule has 0 amide bonds. The first-order valence-corrected chi connectivity index (χ1v) is 3.38. The van der Waals surface area contributed by atoms with Gasteiger partial charge in [-0.3, -0.25) is 0 Å². The lowest BCUT2D eigenvalue weighted by Gasteiger charge is -1.88. The van der Waals surface area contributed by atoms with Crippen molar-refractivity contribution in [2.75, 3.05) is 11.9 Å². The Labute approximate surface area is 48.9 Å². The Kier molecular flexibility index (Phi) is 6.72. The molecule has 0 aliphatic heterocycles. The second-order valence-corrected chi connectivity index (χ2v) is 2.04. The summed E-state index contributed by atoms with van der Waals surface area (Å²) in [5, 5.41) is 1.03. The third-order valence-electron chi connectivity index (χ3n) is 0.396. The Hall–Kier alpha value is 0.870. The summed E-state index contributed by atoms with van der Waals surface area (Å²) in [4.78, 5) is 0. The zero-order valence-electron chi connectivity index (χ0n) is 3.48. The average Bonchev–Trinajstić information content (AvgIpc) is 1.61. The molecule has 0 radical (unpaired) electrons. The first-order valence-electron chi connectivity index (χ1n) is 1.79. The Morgan fingerprint density at radius 1 is 1.67 bits per heavy atom. The molecule has 1 unspecified atom stereocenters. The van der Waals surface area contributed by atoms with Crippen LogP contribution in [0.2, 0.25) is 0 Å². The van der Waals surface area contributed by atoms with Gasteiger partial charge in [0.05, 0.1) is 6.61 Å². The minimum atomic E-state index is 0.829. The molecule has 6 heavy (non-hydrogen) atoms. The van der Waals surface area contributed by atoms with Crippen LogP contribution in [-0.2, 0) is 4.52 Å². The van der Waals surface area contributed by atoms with E-state index < -0.39 is 0 Å². The van der Waals surface area contributed by atoms with Crippen LogP contribution < -0.4 is 0 Å². The second kappa shape index (κ2) is 5.87. The molecule has 0 N–H and O–H groups in total. The summed E-state index contributed by atoms with van der Waals surface area (Å²) in [6.45, 7) is 0.829. The average molecular weight is 171 g/mol. The lowest BCUT2D eigenvalue weighted by atomic mass is 10.5. The van der Waals surface area contributed by atoms with Gasteiger partial charge in [0.25, 0.3) is 0 Å². The van der Waals surface area contributed by atoms with Crippen molar-refractivity contribution in [1.29, 1.82) is 0 Å². The van der Waals surface area contributed by atoms with Gasteiger partial charge in [0.2, 0.25) is 0 Å². The van der Waals surface area contributed by atoms with Gasteiger partial charge in [-0.25, -0.2) is 0 Å². The van der Waals surface area contributed by atoms with Crippen molar-refractivity contribution in [3.8, 4) is 0 Å². The molecule has 0 heterocycles. The van der Waals surface area contributed by atoms with Crippen LogP contribution in [0.4, 0.5) is 0 Å². The van der Waals surface area contributed by atoms with Crippen LogP contribution >= 0.6 is 25.4 Å². The van der Waals surface area contributed by atoms with Gasteiger partial charge in [-0.2, -0.15) is 0 Å². The highest BCUT2D eigenvalue weighted by atomic mass is 79.9. The summed E-state index contributed by atoms with van der Waals surface area (Å²) >= 11 is 3.26. The molecule has 0 aromatic carbocycles. The summed E-state index contributed by atoms with van der Waals surface area (Å²) in [6, 6.07) is 0. The Morgan fingerprint density at radius 3 is 2.50 bits per heavy atom. The fraction of sp³-hybridized carbons (Fsp3) is 1.00. The molecular formula is C3H8BrOP. The molecule has 0 aromatic heterocycles. The van der Waals surface area contributed by atoms with Gasteiger partial charge in [-0.05, 0) is 6.42 Å². The molecule has 0 saturated heterocycles. The molecular weight excluding hydrogens is 163 g/mol. The number of alkyl halides is 1. The maximum Gasteiger partial charge on any atom is 0.0509 e. The minimum absolute atomic E-state index is 0.829. The van der Waals surface area contributed by atoms with E-state index in [1.54, 1.807) is 0 Å². The third kappa shape index (κ3) is 4.87. The van der Waals surface area contributed by atoms with Crippen LogP contribution in [0.1, 0.15) is 6.42 Å². The highest BCUT2D eigenvalue weighted by Gasteiger charge is 1.76. The van der Waals surface area contributed by atoms with Crippen LogP contribution in [0.25, 0.3) is 0 Å². The predicted molar refractivity (Wildman–Crippen MR) is 34.1 cm³/mol. The van der Waals surface area contributed by atoms with E-state index in [4.69, 9.17) is 0 Å². The zero-order chi connectivity index (χ0) is 4.83. The van der Waals surface area contributed by atoms with E-state index in [1.165, 1.54) is 0 Å². The SMILES string of the molecule is POCCCBr. The number of hydrogen-bond acceptors (Lipinski definition) is 1. The zero-order valence-corrected chi connectivity index (χ0v) is 6.23. The number of hydrogen-bond donors (Lipinski definition) is 0. The van der Waals surface area contributed by atoms with Crippen molar-refractivity contribution in [3.05, 3.63) is 0 Å². The normalized spacial score (nSPS) is 9.00. The lowest BCUT2D eigenvalue weighted by Crippen LogP contribution is -1.81. The summed E-state index contributed by atoms with van der Waals surface area (Å²) in [5.74, 6) is 0. The van der Waals surface area contributed by atoms with Crippen molar-refractivity contribution in [2.45, 2.75) is 6.42 Å². The second-order valence-electron chi connectivity index (χ2n) is 0.913. The van der Waals surface area contributed by atoms with Crippen LogP contribution in [0.5, 0.6) is 0 Å². The molecule has 0 rings (SSSR count). The van der Waals surface area contributed by atoms with Crippen molar-refractivity contribution in [3.63, 3.8) is 0 Å². The van der Waals surface area contributed by atoms with Gasteiger partial charge in [0, 0.05) is 14.8 Å². The first kappa shape index (κ1) is 6.87. The number of rotatable bonds is 3.